The zero-order valence-electron chi connectivity index (χ0n) is 11.8. The molecule has 2 heterocycles. The van der Waals surface area contributed by atoms with Crippen LogP contribution in [-0.2, 0) is 6.42 Å². The second-order valence-corrected chi connectivity index (χ2v) is 5.31. The fraction of sp³-hybridized carbons (Fsp3) is 0.467. The molecule has 1 atom stereocenters. The minimum atomic E-state index is 0.565. The van der Waals surface area contributed by atoms with Gasteiger partial charge >= 0.3 is 0 Å². The Morgan fingerprint density at radius 1 is 1.35 bits per heavy atom. The highest BCUT2D eigenvalue weighted by atomic mass is 15.2. The van der Waals surface area contributed by atoms with Crippen molar-refractivity contribution in [2.24, 2.45) is 0 Å². The van der Waals surface area contributed by atoms with Crippen LogP contribution in [0.2, 0.25) is 0 Å². The van der Waals surface area contributed by atoms with Gasteiger partial charge in [0, 0.05) is 37.8 Å². The van der Waals surface area contributed by atoms with Crippen LogP contribution in [0.5, 0.6) is 0 Å². The number of anilines is 1. The van der Waals surface area contributed by atoms with Gasteiger partial charge in [0.15, 0.2) is 5.82 Å². The van der Waals surface area contributed by atoms with Gasteiger partial charge < -0.3 is 10.2 Å². The first-order chi connectivity index (χ1) is 9.81. The number of nitrogens with one attached hydrogen (secondary N) is 2. The van der Waals surface area contributed by atoms with E-state index >= 15 is 0 Å². The van der Waals surface area contributed by atoms with E-state index in [0.29, 0.717) is 6.04 Å². The maximum atomic E-state index is 4.32. The summed E-state index contributed by atoms with van der Waals surface area (Å²) in [5.41, 5.74) is 1.32. The minimum absolute atomic E-state index is 0.565. The number of nitrogens with zero attached hydrogens (tertiary/aromatic N) is 3. The molecule has 1 aliphatic rings. The molecule has 1 fully saturated rings. The maximum Gasteiger partial charge on any atom is 0.151 e. The minimum Gasteiger partial charge on any atom is -0.370 e. The first-order valence-electron chi connectivity index (χ1n) is 7.22. The molecule has 106 valence electrons. The number of hydrogen-bond donors (Lipinski definition) is 2. The summed E-state index contributed by atoms with van der Waals surface area (Å²) in [4.78, 5) is 6.76. The van der Waals surface area contributed by atoms with Crippen molar-refractivity contribution in [1.29, 1.82) is 0 Å². The molecule has 0 spiro atoms. The first kappa shape index (κ1) is 13.1. The highest BCUT2D eigenvalue weighted by molar-refractivity contribution is 5.47. The molecule has 5 heteroatoms. The Kier molecular flexibility index (Phi) is 3.97. The second kappa shape index (κ2) is 6.05. The molecular weight excluding hydrogens is 250 g/mol. The smallest absolute Gasteiger partial charge is 0.151 e. The van der Waals surface area contributed by atoms with Gasteiger partial charge in [0.1, 0.15) is 5.82 Å². The molecule has 3 rings (SSSR count). The second-order valence-electron chi connectivity index (χ2n) is 5.31. The van der Waals surface area contributed by atoms with Gasteiger partial charge in [-0.2, -0.15) is 5.10 Å². The average molecular weight is 271 g/mol. The Morgan fingerprint density at radius 2 is 2.20 bits per heavy atom. The average Bonchev–Trinajstić information content (AvgIpc) is 3.09. The Bertz CT molecular complexity index is 536. The molecule has 1 aromatic heterocycles. The first-order valence-corrected chi connectivity index (χ1v) is 7.22. The van der Waals surface area contributed by atoms with Crippen LogP contribution in [0.15, 0.2) is 30.3 Å². The highest BCUT2D eigenvalue weighted by Crippen LogP contribution is 2.19. The summed E-state index contributed by atoms with van der Waals surface area (Å²) in [6.45, 7) is 5.07. The number of para-hydroxylation sites is 1. The van der Waals surface area contributed by atoms with Crippen LogP contribution in [0, 0.1) is 6.92 Å². The summed E-state index contributed by atoms with van der Waals surface area (Å²) in [6.07, 6.45) is 2.08. The van der Waals surface area contributed by atoms with E-state index in [1.807, 2.05) is 6.92 Å². The van der Waals surface area contributed by atoms with Gasteiger partial charge in [0.2, 0.25) is 0 Å². The van der Waals surface area contributed by atoms with E-state index in [4.69, 9.17) is 0 Å². The van der Waals surface area contributed by atoms with Crippen molar-refractivity contribution in [3.05, 3.63) is 42.0 Å². The molecule has 0 bridgehead atoms. The highest BCUT2D eigenvalue weighted by Gasteiger charge is 2.21. The summed E-state index contributed by atoms with van der Waals surface area (Å²) >= 11 is 0. The summed E-state index contributed by atoms with van der Waals surface area (Å²) in [5.74, 6) is 1.78. The van der Waals surface area contributed by atoms with Crippen LogP contribution in [0.1, 0.15) is 18.1 Å². The van der Waals surface area contributed by atoms with E-state index in [-0.39, 0.29) is 0 Å². The lowest BCUT2D eigenvalue weighted by Crippen LogP contribution is -2.34. The van der Waals surface area contributed by atoms with E-state index in [0.717, 1.165) is 37.7 Å². The van der Waals surface area contributed by atoms with E-state index in [2.05, 4.69) is 55.7 Å². The summed E-state index contributed by atoms with van der Waals surface area (Å²) in [7, 11) is 0. The van der Waals surface area contributed by atoms with Crippen molar-refractivity contribution in [2.75, 3.05) is 24.5 Å². The monoisotopic (exact) mass is 271 g/mol. The van der Waals surface area contributed by atoms with Gasteiger partial charge in [0.25, 0.3) is 0 Å². The molecular formula is C15H21N5. The van der Waals surface area contributed by atoms with Crippen molar-refractivity contribution in [3.8, 4) is 0 Å². The zero-order chi connectivity index (χ0) is 13.8. The molecule has 1 aliphatic heterocycles. The van der Waals surface area contributed by atoms with Crippen molar-refractivity contribution >= 4 is 5.69 Å². The Labute approximate surface area is 119 Å². The summed E-state index contributed by atoms with van der Waals surface area (Å²) in [5, 5.41) is 10.6. The normalized spacial score (nSPS) is 18.6. The standard InChI is InChI=1S/C15H21N5/c1-12-17-15(19-18-12)7-9-16-13-8-10-20(11-13)14-5-3-2-4-6-14/h2-6,13,16H,7-11H2,1H3,(H,17,18,19). The topological polar surface area (TPSA) is 56.8 Å². The lowest BCUT2D eigenvalue weighted by molar-refractivity contribution is 0.549. The summed E-state index contributed by atoms with van der Waals surface area (Å²) < 4.78 is 0. The molecule has 1 unspecified atom stereocenters. The van der Waals surface area contributed by atoms with Crippen LogP contribution in [0.4, 0.5) is 5.69 Å². The van der Waals surface area contributed by atoms with Gasteiger partial charge in [-0.05, 0) is 25.5 Å². The van der Waals surface area contributed by atoms with E-state index < -0.39 is 0 Å². The third-order valence-electron chi connectivity index (χ3n) is 3.73. The molecule has 0 aliphatic carbocycles. The zero-order valence-corrected chi connectivity index (χ0v) is 11.8. The molecule has 0 amide bonds. The molecule has 1 saturated heterocycles. The number of benzene rings is 1. The van der Waals surface area contributed by atoms with Crippen LogP contribution >= 0.6 is 0 Å². The molecule has 2 aromatic rings. The van der Waals surface area contributed by atoms with Crippen molar-refractivity contribution in [1.82, 2.24) is 20.5 Å². The molecule has 5 nitrogen and oxygen atoms in total. The number of aromatic amines is 1. The third-order valence-corrected chi connectivity index (χ3v) is 3.73. The Morgan fingerprint density at radius 3 is 2.95 bits per heavy atom. The SMILES string of the molecule is Cc1nc(CCNC2CCN(c3ccccc3)C2)n[nH]1. The number of H-pyrrole nitrogens is 1. The third kappa shape index (κ3) is 3.17. The fourth-order valence-electron chi connectivity index (χ4n) is 2.69. The van der Waals surface area contributed by atoms with Crippen molar-refractivity contribution < 1.29 is 0 Å². The Balaban J connectivity index is 1.44. The number of hydrogen-bond acceptors (Lipinski definition) is 4. The van der Waals surface area contributed by atoms with Crippen molar-refractivity contribution in [3.63, 3.8) is 0 Å². The van der Waals surface area contributed by atoms with E-state index in [1.54, 1.807) is 0 Å². The van der Waals surface area contributed by atoms with Crippen LogP contribution < -0.4 is 10.2 Å². The van der Waals surface area contributed by atoms with Gasteiger partial charge in [0.05, 0.1) is 0 Å². The van der Waals surface area contributed by atoms with Gasteiger partial charge in [-0.15, -0.1) is 0 Å². The largest absolute Gasteiger partial charge is 0.370 e. The van der Waals surface area contributed by atoms with E-state index in [9.17, 15) is 0 Å². The lowest BCUT2D eigenvalue weighted by Gasteiger charge is -2.18. The maximum absolute atomic E-state index is 4.32. The molecule has 2 N–H and O–H groups in total. The quantitative estimate of drug-likeness (QED) is 0.866. The van der Waals surface area contributed by atoms with Crippen molar-refractivity contribution in [2.45, 2.75) is 25.8 Å². The number of aryl methyl sites for hydroxylation is 1. The van der Waals surface area contributed by atoms with E-state index in [1.165, 1.54) is 12.1 Å². The predicted molar refractivity (Wildman–Crippen MR) is 79.9 cm³/mol. The van der Waals surface area contributed by atoms with Crippen LogP contribution in [0.3, 0.4) is 0 Å². The molecule has 0 radical (unpaired) electrons. The Hall–Kier alpha value is -1.88. The van der Waals surface area contributed by atoms with Crippen LogP contribution in [-0.4, -0.2) is 40.9 Å². The van der Waals surface area contributed by atoms with Gasteiger partial charge in [-0.25, -0.2) is 4.98 Å². The number of rotatable bonds is 5. The van der Waals surface area contributed by atoms with Gasteiger partial charge in [-0.3, -0.25) is 5.10 Å². The van der Waals surface area contributed by atoms with Crippen LogP contribution in [0.25, 0.3) is 0 Å². The summed E-state index contributed by atoms with van der Waals surface area (Å²) in [6, 6.07) is 11.2. The number of aromatic nitrogens is 3. The molecule has 20 heavy (non-hydrogen) atoms. The van der Waals surface area contributed by atoms with Gasteiger partial charge in [-0.1, -0.05) is 18.2 Å². The lowest BCUT2D eigenvalue weighted by atomic mass is 10.2. The molecule has 1 aromatic carbocycles. The molecule has 0 saturated carbocycles. The fourth-order valence-corrected chi connectivity index (χ4v) is 2.69. The predicted octanol–water partition coefficient (Wildman–Crippen LogP) is 1.52.